The van der Waals surface area contributed by atoms with Gasteiger partial charge in [0.15, 0.2) is 5.82 Å². The molecule has 3 aromatic rings. The van der Waals surface area contributed by atoms with Crippen LogP contribution in [0.15, 0.2) is 48.7 Å². The molecule has 5 heteroatoms. The van der Waals surface area contributed by atoms with E-state index in [4.69, 9.17) is 11.6 Å². The number of aromatic nitrogens is 3. The normalized spacial score (nSPS) is 10.6. The van der Waals surface area contributed by atoms with Crippen molar-refractivity contribution in [3.63, 3.8) is 0 Å². The summed E-state index contributed by atoms with van der Waals surface area (Å²) >= 11 is 6.03. The standard InChI is InChI=1S/C18H17ClN4/c1-12-13(2)22-18(16-8-3-4-9-20-16)23-17(12)21-11-14-6-5-7-15(19)10-14/h3-10H,11H2,1-2H3,(H,21,22,23). The van der Waals surface area contributed by atoms with Crippen molar-refractivity contribution in [1.82, 2.24) is 15.0 Å². The Hall–Kier alpha value is -2.46. The molecule has 0 aliphatic carbocycles. The van der Waals surface area contributed by atoms with Crippen LogP contribution in [0.2, 0.25) is 5.02 Å². The zero-order valence-electron chi connectivity index (χ0n) is 13.0. The third-order valence-electron chi connectivity index (χ3n) is 3.63. The van der Waals surface area contributed by atoms with Gasteiger partial charge in [-0.2, -0.15) is 0 Å². The van der Waals surface area contributed by atoms with Gasteiger partial charge in [-0.1, -0.05) is 29.8 Å². The van der Waals surface area contributed by atoms with Gasteiger partial charge in [0.25, 0.3) is 0 Å². The Morgan fingerprint density at radius 3 is 2.65 bits per heavy atom. The number of rotatable bonds is 4. The maximum Gasteiger partial charge on any atom is 0.180 e. The van der Waals surface area contributed by atoms with Crippen LogP contribution in [-0.2, 0) is 6.54 Å². The second kappa shape index (κ2) is 6.75. The number of pyridine rings is 1. The SMILES string of the molecule is Cc1nc(-c2ccccn2)nc(NCc2cccc(Cl)c2)c1C. The van der Waals surface area contributed by atoms with Crippen LogP contribution in [0.1, 0.15) is 16.8 Å². The largest absolute Gasteiger partial charge is 0.366 e. The van der Waals surface area contributed by atoms with Crippen molar-refractivity contribution in [2.75, 3.05) is 5.32 Å². The highest BCUT2D eigenvalue weighted by molar-refractivity contribution is 6.30. The highest BCUT2D eigenvalue weighted by atomic mass is 35.5. The lowest BCUT2D eigenvalue weighted by atomic mass is 10.2. The summed E-state index contributed by atoms with van der Waals surface area (Å²) in [6.45, 7) is 4.64. The van der Waals surface area contributed by atoms with E-state index in [1.807, 2.05) is 56.3 Å². The maximum atomic E-state index is 6.03. The molecular formula is C18H17ClN4. The van der Waals surface area contributed by atoms with Crippen LogP contribution in [0.3, 0.4) is 0 Å². The van der Waals surface area contributed by atoms with Gasteiger partial charge in [0.2, 0.25) is 0 Å². The first-order valence-corrected chi connectivity index (χ1v) is 7.76. The molecule has 0 amide bonds. The molecule has 4 nitrogen and oxygen atoms in total. The van der Waals surface area contributed by atoms with Crippen LogP contribution in [-0.4, -0.2) is 15.0 Å². The van der Waals surface area contributed by atoms with Gasteiger partial charge in [0.1, 0.15) is 11.5 Å². The van der Waals surface area contributed by atoms with E-state index in [1.54, 1.807) is 6.20 Å². The van der Waals surface area contributed by atoms with Gasteiger partial charge < -0.3 is 5.32 Å². The van der Waals surface area contributed by atoms with E-state index in [0.717, 1.165) is 33.4 Å². The Bertz CT molecular complexity index is 819. The molecule has 0 radical (unpaired) electrons. The van der Waals surface area contributed by atoms with E-state index in [0.29, 0.717) is 12.4 Å². The predicted molar refractivity (Wildman–Crippen MR) is 93.5 cm³/mol. The molecule has 2 heterocycles. The fraction of sp³-hybridized carbons (Fsp3) is 0.167. The fourth-order valence-electron chi connectivity index (χ4n) is 2.24. The summed E-state index contributed by atoms with van der Waals surface area (Å²) in [6, 6.07) is 13.5. The summed E-state index contributed by atoms with van der Waals surface area (Å²) in [6.07, 6.45) is 1.74. The number of aryl methyl sites for hydroxylation is 1. The molecule has 3 rings (SSSR count). The highest BCUT2D eigenvalue weighted by Gasteiger charge is 2.10. The van der Waals surface area contributed by atoms with Gasteiger partial charge in [-0.15, -0.1) is 0 Å². The molecule has 0 saturated carbocycles. The van der Waals surface area contributed by atoms with Crippen molar-refractivity contribution in [2.24, 2.45) is 0 Å². The molecule has 0 spiro atoms. The molecule has 0 aliphatic heterocycles. The molecule has 0 atom stereocenters. The minimum atomic E-state index is 0.627. The first-order valence-electron chi connectivity index (χ1n) is 7.38. The van der Waals surface area contributed by atoms with Gasteiger partial charge >= 0.3 is 0 Å². The molecule has 0 fully saturated rings. The predicted octanol–water partition coefficient (Wildman–Crippen LogP) is 4.42. The van der Waals surface area contributed by atoms with Crippen molar-refractivity contribution >= 4 is 17.4 Å². The zero-order chi connectivity index (χ0) is 16.2. The topological polar surface area (TPSA) is 50.7 Å². The van der Waals surface area contributed by atoms with Crippen molar-refractivity contribution in [3.8, 4) is 11.5 Å². The number of hydrogen-bond donors (Lipinski definition) is 1. The lowest BCUT2D eigenvalue weighted by molar-refractivity contribution is 1.02. The smallest absolute Gasteiger partial charge is 0.180 e. The van der Waals surface area contributed by atoms with E-state index in [1.165, 1.54) is 0 Å². The van der Waals surface area contributed by atoms with E-state index in [9.17, 15) is 0 Å². The third kappa shape index (κ3) is 3.66. The van der Waals surface area contributed by atoms with Gasteiger partial charge in [0.05, 0.1) is 0 Å². The quantitative estimate of drug-likeness (QED) is 0.771. The van der Waals surface area contributed by atoms with E-state index >= 15 is 0 Å². The maximum absolute atomic E-state index is 6.03. The van der Waals surface area contributed by atoms with Gasteiger partial charge in [0, 0.05) is 29.0 Å². The number of benzene rings is 1. The minimum absolute atomic E-state index is 0.627. The van der Waals surface area contributed by atoms with Crippen LogP contribution < -0.4 is 5.32 Å². The van der Waals surface area contributed by atoms with Crippen LogP contribution in [0.4, 0.5) is 5.82 Å². The zero-order valence-corrected chi connectivity index (χ0v) is 13.8. The highest BCUT2D eigenvalue weighted by Crippen LogP contribution is 2.21. The average Bonchev–Trinajstić information content (AvgIpc) is 2.57. The number of anilines is 1. The van der Waals surface area contributed by atoms with Gasteiger partial charge in [-0.25, -0.2) is 9.97 Å². The number of halogens is 1. The van der Waals surface area contributed by atoms with Crippen molar-refractivity contribution in [2.45, 2.75) is 20.4 Å². The Morgan fingerprint density at radius 1 is 1.04 bits per heavy atom. The van der Waals surface area contributed by atoms with Gasteiger partial charge in [-0.05, 0) is 43.7 Å². The van der Waals surface area contributed by atoms with Gasteiger partial charge in [-0.3, -0.25) is 4.98 Å². The van der Waals surface area contributed by atoms with Crippen LogP contribution in [0.5, 0.6) is 0 Å². The minimum Gasteiger partial charge on any atom is -0.366 e. The molecule has 23 heavy (non-hydrogen) atoms. The van der Waals surface area contributed by atoms with Crippen LogP contribution >= 0.6 is 11.6 Å². The summed E-state index contributed by atoms with van der Waals surface area (Å²) in [7, 11) is 0. The molecule has 0 saturated heterocycles. The number of nitrogens with zero attached hydrogens (tertiary/aromatic N) is 3. The second-order valence-corrected chi connectivity index (χ2v) is 5.74. The van der Waals surface area contributed by atoms with E-state index in [2.05, 4.69) is 20.3 Å². The Balaban J connectivity index is 1.88. The summed E-state index contributed by atoms with van der Waals surface area (Å²) < 4.78 is 0. The number of hydrogen-bond acceptors (Lipinski definition) is 4. The van der Waals surface area contributed by atoms with E-state index < -0.39 is 0 Å². The molecule has 0 unspecified atom stereocenters. The summed E-state index contributed by atoms with van der Waals surface area (Å²) in [5.41, 5.74) is 3.84. The average molecular weight is 325 g/mol. The Labute approximate surface area is 140 Å². The molecule has 0 bridgehead atoms. The summed E-state index contributed by atoms with van der Waals surface area (Å²) in [5, 5.41) is 4.10. The summed E-state index contributed by atoms with van der Waals surface area (Å²) in [4.78, 5) is 13.5. The molecular weight excluding hydrogens is 308 g/mol. The second-order valence-electron chi connectivity index (χ2n) is 5.30. The first kappa shape index (κ1) is 15.4. The van der Waals surface area contributed by atoms with Crippen molar-refractivity contribution in [3.05, 3.63) is 70.5 Å². The lowest BCUT2D eigenvalue weighted by Gasteiger charge is -2.12. The fourth-order valence-corrected chi connectivity index (χ4v) is 2.46. The molecule has 0 aliphatic rings. The monoisotopic (exact) mass is 324 g/mol. The Kier molecular flexibility index (Phi) is 4.53. The number of nitrogens with one attached hydrogen (secondary N) is 1. The first-order chi connectivity index (χ1) is 11.1. The van der Waals surface area contributed by atoms with Crippen LogP contribution in [0, 0.1) is 13.8 Å². The molecule has 1 aromatic carbocycles. The van der Waals surface area contributed by atoms with Crippen LogP contribution in [0.25, 0.3) is 11.5 Å². The Morgan fingerprint density at radius 2 is 1.91 bits per heavy atom. The third-order valence-corrected chi connectivity index (χ3v) is 3.87. The summed E-state index contributed by atoms with van der Waals surface area (Å²) in [5.74, 6) is 1.44. The molecule has 1 N–H and O–H groups in total. The van der Waals surface area contributed by atoms with E-state index in [-0.39, 0.29) is 0 Å². The molecule has 2 aromatic heterocycles. The lowest BCUT2D eigenvalue weighted by Crippen LogP contribution is -2.07. The van der Waals surface area contributed by atoms with Crippen molar-refractivity contribution in [1.29, 1.82) is 0 Å². The van der Waals surface area contributed by atoms with Crippen molar-refractivity contribution < 1.29 is 0 Å². The molecule has 116 valence electrons.